The fraction of sp³-hybridized carbons (Fsp3) is 0.500. The molecule has 1 aliphatic heterocycles. The molecule has 0 amide bonds. The minimum atomic E-state index is -0.146. The van der Waals surface area contributed by atoms with Crippen LogP contribution in [0.3, 0.4) is 0 Å². The fourth-order valence-electron chi connectivity index (χ4n) is 2.32. The normalized spacial score (nSPS) is 23.0. The van der Waals surface area contributed by atoms with Gasteiger partial charge in [0.15, 0.2) is 0 Å². The standard InChI is InChI=1S/C14H19NO2.ClH/c1-10-3-5-11(6-4-10)12-7-8-13(15-9-12)14(16)17-2;/h3-6,12-13,15H,7-9H2,1-2H3;1H. The van der Waals surface area contributed by atoms with E-state index in [2.05, 4.69) is 36.5 Å². The zero-order valence-corrected chi connectivity index (χ0v) is 11.6. The number of methoxy groups -OCH3 is 1. The number of rotatable bonds is 2. The lowest BCUT2D eigenvalue weighted by atomic mass is 9.88. The van der Waals surface area contributed by atoms with E-state index in [0.29, 0.717) is 5.92 Å². The first-order chi connectivity index (χ1) is 8.20. The molecule has 0 aromatic heterocycles. The molecule has 1 fully saturated rings. The van der Waals surface area contributed by atoms with Crippen LogP contribution in [0.5, 0.6) is 0 Å². The lowest BCUT2D eigenvalue weighted by Crippen LogP contribution is -2.43. The Labute approximate surface area is 114 Å². The van der Waals surface area contributed by atoms with E-state index in [9.17, 15) is 4.79 Å². The van der Waals surface area contributed by atoms with Crippen molar-refractivity contribution in [2.24, 2.45) is 0 Å². The zero-order chi connectivity index (χ0) is 12.3. The Balaban J connectivity index is 0.00000162. The van der Waals surface area contributed by atoms with E-state index in [1.165, 1.54) is 18.2 Å². The largest absolute Gasteiger partial charge is 0.468 e. The van der Waals surface area contributed by atoms with Crippen molar-refractivity contribution in [3.05, 3.63) is 35.4 Å². The highest BCUT2D eigenvalue weighted by atomic mass is 35.5. The Morgan fingerprint density at radius 2 is 1.94 bits per heavy atom. The molecule has 0 bridgehead atoms. The maximum Gasteiger partial charge on any atom is 0.322 e. The highest BCUT2D eigenvalue weighted by molar-refractivity contribution is 5.85. The summed E-state index contributed by atoms with van der Waals surface area (Å²) in [4.78, 5) is 11.4. The third-order valence-corrected chi connectivity index (χ3v) is 3.45. The van der Waals surface area contributed by atoms with Gasteiger partial charge in [-0.05, 0) is 31.2 Å². The molecule has 100 valence electrons. The van der Waals surface area contributed by atoms with E-state index in [4.69, 9.17) is 4.74 Å². The Kier molecular flexibility index (Phi) is 5.63. The molecule has 3 nitrogen and oxygen atoms in total. The smallest absolute Gasteiger partial charge is 0.322 e. The summed E-state index contributed by atoms with van der Waals surface area (Å²) in [6.07, 6.45) is 1.89. The van der Waals surface area contributed by atoms with Crippen LogP contribution in [0.4, 0.5) is 0 Å². The minimum Gasteiger partial charge on any atom is -0.468 e. The van der Waals surface area contributed by atoms with E-state index in [0.717, 1.165) is 19.4 Å². The molecule has 18 heavy (non-hydrogen) atoms. The van der Waals surface area contributed by atoms with Crippen LogP contribution in [0, 0.1) is 6.92 Å². The molecule has 1 saturated heterocycles. The number of carbonyl (C=O) groups excluding carboxylic acids is 1. The number of hydrogen-bond acceptors (Lipinski definition) is 3. The number of aryl methyl sites for hydroxylation is 1. The van der Waals surface area contributed by atoms with Crippen LogP contribution >= 0.6 is 12.4 Å². The van der Waals surface area contributed by atoms with E-state index in [1.807, 2.05) is 0 Å². The highest BCUT2D eigenvalue weighted by Gasteiger charge is 2.26. The van der Waals surface area contributed by atoms with Crippen molar-refractivity contribution >= 4 is 18.4 Å². The van der Waals surface area contributed by atoms with Crippen molar-refractivity contribution in [2.75, 3.05) is 13.7 Å². The summed E-state index contributed by atoms with van der Waals surface area (Å²) in [5.41, 5.74) is 2.64. The van der Waals surface area contributed by atoms with Gasteiger partial charge in [-0.3, -0.25) is 4.79 Å². The molecule has 1 aromatic carbocycles. The molecule has 1 aromatic rings. The molecular weight excluding hydrogens is 250 g/mol. The van der Waals surface area contributed by atoms with Crippen molar-refractivity contribution in [2.45, 2.75) is 31.7 Å². The molecular formula is C14H20ClNO2. The second kappa shape index (κ2) is 6.76. The number of benzene rings is 1. The second-order valence-corrected chi connectivity index (χ2v) is 4.67. The van der Waals surface area contributed by atoms with Crippen molar-refractivity contribution in [3.63, 3.8) is 0 Å². The van der Waals surface area contributed by atoms with Gasteiger partial charge >= 0.3 is 5.97 Å². The fourth-order valence-corrected chi connectivity index (χ4v) is 2.32. The summed E-state index contributed by atoms with van der Waals surface area (Å²) in [5, 5.41) is 3.26. The van der Waals surface area contributed by atoms with Gasteiger partial charge in [0.25, 0.3) is 0 Å². The van der Waals surface area contributed by atoms with E-state index < -0.39 is 0 Å². The van der Waals surface area contributed by atoms with Gasteiger partial charge in [-0.2, -0.15) is 0 Å². The maximum atomic E-state index is 11.4. The van der Waals surface area contributed by atoms with Gasteiger partial charge in [0.2, 0.25) is 0 Å². The summed E-state index contributed by atoms with van der Waals surface area (Å²) in [5.74, 6) is 0.365. The van der Waals surface area contributed by atoms with Gasteiger partial charge < -0.3 is 10.1 Å². The number of nitrogens with one attached hydrogen (secondary N) is 1. The van der Waals surface area contributed by atoms with Crippen LogP contribution in [-0.4, -0.2) is 25.7 Å². The molecule has 4 heteroatoms. The first-order valence-corrected chi connectivity index (χ1v) is 6.08. The number of esters is 1. The van der Waals surface area contributed by atoms with Gasteiger partial charge in [-0.1, -0.05) is 29.8 Å². The first-order valence-electron chi connectivity index (χ1n) is 6.08. The molecule has 2 rings (SSSR count). The summed E-state index contributed by atoms with van der Waals surface area (Å²) < 4.78 is 4.74. The number of hydrogen-bond donors (Lipinski definition) is 1. The van der Waals surface area contributed by atoms with E-state index in [-0.39, 0.29) is 24.4 Å². The molecule has 0 radical (unpaired) electrons. The third-order valence-electron chi connectivity index (χ3n) is 3.45. The predicted molar refractivity (Wildman–Crippen MR) is 74.2 cm³/mol. The monoisotopic (exact) mass is 269 g/mol. The van der Waals surface area contributed by atoms with Gasteiger partial charge in [0, 0.05) is 6.54 Å². The minimum absolute atomic E-state index is 0. The molecule has 0 aliphatic carbocycles. The van der Waals surface area contributed by atoms with Gasteiger partial charge in [-0.25, -0.2) is 0 Å². The van der Waals surface area contributed by atoms with Crippen molar-refractivity contribution < 1.29 is 9.53 Å². The summed E-state index contributed by atoms with van der Waals surface area (Å²) in [6, 6.07) is 8.52. The Morgan fingerprint density at radius 3 is 2.44 bits per heavy atom. The zero-order valence-electron chi connectivity index (χ0n) is 10.8. The Bertz CT molecular complexity index is 383. The average Bonchev–Trinajstić information content (AvgIpc) is 2.39. The van der Waals surface area contributed by atoms with Crippen LogP contribution < -0.4 is 5.32 Å². The molecule has 0 saturated carbocycles. The number of halogens is 1. The summed E-state index contributed by atoms with van der Waals surface area (Å²) in [6.45, 7) is 2.94. The predicted octanol–water partition coefficient (Wildman–Crippen LogP) is 2.43. The Morgan fingerprint density at radius 1 is 1.28 bits per heavy atom. The molecule has 0 spiro atoms. The van der Waals surface area contributed by atoms with Crippen LogP contribution in [0.1, 0.15) is 29.9 Å². The lowest BCUT2D eigenvalue weighted by molar-refractivity contribution is -0.143. The average molecular weight is 270 g/mol. The third kappa shape index (κ3) is 3.47. The molecule has 1 heterocycles. The van der Waals surface area contributed by atoms with Gasteiger partial charge in [0.1, 0.15) is 6.04 Å². The van der Waals surface area contributed by atoms with Crippen LogP contribution in [0.2, 0.25) is 0 Å². The molecule has 1 N–H and O–H groups in total. The van der Waals surface area contributed by atoms with Gasteiger partial charge in [-0.15, -0.1) is 12.4 Å². The van der Waals surface area contributed by atoms with Crippen molar-refractivity contribution in [1.82, 2.24) is 5.32 Å². The van der Waals surface area contributed by atoms with E-state index >= 15 is 0 Å². The topological polar surface area (TPSA) is 38.3 Å². The lowest BCUT2D eigenvalue weighted by Gasteiger charge is -2.28. The number of ether oxygens (including phenoxy) is 1. The molecule has 2 atom stereocenters. The van der Waals surface area contributed by atoms with Crippen LogP contribution in [-0.2, 0) is 9.53 Å². The SMILES string of the molecule is COC(=O)C1CCC(c2ccc(C)cc2)CN1.Cl. The van der Waals surface area contributed by atoms with Gasteiger partial charge in [0.05, 0.1) is 7.11 Å². The number of carbonyl (C=O) groups is 1. The summed E-state index contributed by atoms with van der Waals surface area (Å²) >= 11 is 0. The number of piperidine rings is 1. The summed E-state index contributed by atoms with van der Waals surface area (Å²) in [7, 11) is 1.44. The highest BCUT2D eigenvalue weighted by Crippen LogP contribution is 2.25. The molecule has 2 unspecified atom stereocenters. The molecule has 1 aliphatic rings. The van der Waals surface area contributed by atoms with Crippen molar-refractivity contribution in [1.29, 1.82) is 0 Å². The quantitative estimate of drug-likeness (QED) is 0.838. The Hall–Kier alpha value is -1.06. The van der Waals surface area contributed by atoms with E-state index in [1.54, 1.807) is 0 Å². The second-order valence-electron chi connectivity index (χ2n) is 4.67. The van der Waals surface area contributed by atoms with Crippen LogP contribution in [0.15, 0.2) is 24.3 Å². The maximum absolute atomic E-state index is 11.4. The first kappa shape index (κ1) is 15.0. The van der Waals surface area contributed by atoms with Crippen LogP contribution in [0.25, 0.3) is 0 Å². The van der Waals surface area contributed by atoms with Crippen molar-refractivity contribution in [3.8, 4) is 0 Å².